The number of hydrogen-bond acceptors (Lipinski definition) is 1. The minimum Gasteiger partial charge on any atom is -0.283 e. The van der Waals surface area contributed by atoms with Crippen LogP contribution in [0.3, 0.4) is 0 Å². The molecule has 31 heavy (non-hydrogen) atoms. The predicted octanol–water partition coefficient (Wildman–Crippen LogP) is 7.95. The molecular formula is C26H40F3N2+. The van der Waals surface area contributed by atoms with Crippen molar-refractivity contribution in [1.82, 2.24) is 0 Å². The zero-order chi connectivity index (χ0) is 23.2. The summed E-state index contributed by atoms with van der Waals surface area (Å²) in [5, 5.41) is 0. The standard InChI is InChI=1S/C26H40F3N2/c1-7-9-11-21(12-10-8-2)30-18-24-25(5,6)22-17-20(26(27,28)29)13-14-23(22)31(24)16-15-19(3)4/h13-14,17-19,21H,7-12,15-16H2,1-6H3/q+1. The number of rotatable bonds is 11. The molecule has 1 aliphatic heterocycles. The van der Waals surface area contributed by atoms with Crippen LogP contribution < -0.4 is 0 Å². The molecule has 0 unspecified atom stereocenters. The first-order chi connectivity index (χ1) is 14.5. The smallest absolute Gasteiger partial charge is 0.283 e. The van der Waals surface area contributed by atoms with Gasteiger partial charge in [0.1, 0.15) is 6.54 Å². The molecule has 1 aliphatic rings. The quantitative estimate of drug-likeness (QED) is 0.247. The molecule has 1 aromatic carbocycles. The molecule has 0 aromatic heterocycles. The van der Waals surface area contributed by atoms with Crippen molar-refractivity contribution in [3.8, 4) is 0 Å². The minimum absolute atomic E-state index is 0.282. The van der Waals surface area contributed by atoms with Crippen molar-refractivity contribution in [2.45, 2.75) is 104 Å². The maximum Gasteiger partial charge on any atom is 0.416 e. The van der Waals surface area contributed by atoms with Crippen molar-refractivity contribution in [1.29, 1.82) is 0 Å². The van der Waals surface area contributed by atoms with Gasteiger partial charge in [-0.25, -0.2) is 0 Å². The molecule has 2 nitrogen and oxygen atoms in total. The summed E-state index contributed by atoms with van der Waals surface area (Å²) in [6.07, 6.45) is 5.34. The lowest BCUT2D eigenvalue weighted by Gasteiger charge is -2.17. The second-order valence-corrected chi connectivity index (χ2v) is 9.79. The molecule has 1 aromatic rings. The molecule has 0 aliphatic carbocycles. The summed E-state index contributed by atoms with van der Waals surface area (Å²) in [7, 11) is 0. The number of halogens is 3. The lowest BCUT2D eigenvalue weighted by atomic mass is 9.81. The van der Waals surface area contributed by atoms with Gasteiger partial charge in [-0.2, -0.15) is 17.7 Å². The van der Waals surface area contributed by atoms with Crippen molar-refractivity contribution in [3.63, 3.8) is 0 Å². The summed E-state index contributed by atoms with van der Waals surface area (Å²) < 4.78 is 42.4. The van der Waals surface area contributed by atoms with Crippen LogP contribution in [0.5, 0.6) is 0 Å². The molecule has 5 heteroatoms. The van der Waals surface area contributed by atoms with E-state index in [1.807, 2.05) is 20.1 Å². The molecule has 0 radical (unpaired) electrons. The van der Waals surface area contributed by atoms with Gasteiger partial charge in [0.2, 0.25) is 11.4 Å². The maximum absolute atomic E-state index is 13.4. The van der Waals surface area contributed by atoms with Gasteiger partial charge in [0.05, 0.1) is 23.2 Å². The van der Waals surface area contributed by atoms with Crippen LogP contribution in [-0.2, 0) is 11.6 Å². The van der Waals surface area contributed by atoms with Crippen LogP contribution in [0, 0.1) is 5.92 Å². The molecule has 174 valence electrons. The summed E-state index contributed by atoms with van der Waals surface area (Å²) in [5.74, 6) is 0.515. The van der Waals surface area contributed by atoms with Crippen molar-refractivity contribution < 1.29 is 17.7 Å². The van der Waals surface area contributed by atoms with Crippen molar-refractivity contribution in [2.75, 3.05) is 6.54 Å². The Hall–Kier alpha value is -1.65. The number of nitrogens with zero attached hydrogens (tertiary/aromatic N) is 2. The SMILES string of the molecule is CCCCC(CCCC)N=CC1=[N+](CCC(C)C)c2ccc(C(F)(F)F)cc2C1(C)C. The molecule has 2 rings (SSSR count). The minimum atomic E-state index is -4.34. The Balaban J connectivity index is 2.47. The van der Waals surface area contributed by atoms with E-state index in [2.05, 4.69) is 32.3 Å². The van der Waals surface area contributed by atoms with Crippen LogP contribution in [-0.4, -0.2) is 29.1 Å². The summed E-state index contributed by atoms with van der Waals surface area (Å²) >= 11 is 0. The first-order valence-electron chi connectivity index (χ1n) is 11.9. The van der Waals surface area contributed by atoms with E-state index in [1.165, 1.54) is 12.1 Å². The number of benzene rings is 1. The van der Waals surface area contributed by atoms with E-state index in [9.17, 15) is 13.2 Å². The highest BCUT2D eigenvalue weighted by molar-refractivity contribution is 6.33. The fourth-order valence-corrected chi connectivity index (χ4v) is 4.26. The lowest BCUT2D eigenvalue weighted by molar-refractivity contribution is -0.438. The van der Waals surface area contributed by atoms with Gasteiger partial charge in [-0.1, -0.05) is 53.4 Å². The number of alkyl halides is 3. The van der Waals surface area contributed by atoms with Gasteiger partial charge in [-0.3, -0.25) is 4.99 Å². The second kappa shape index (κ2) is 10.8. The highest BCUT2D eigenvalue weighted by Crippen LogP contribution is 2.42. The summed E-state index contributed by atoms with van der Waals surface area (Å²) in [6.45, 7) is 13.6. The molecule has 1 heterocycles. The molecule has 0 fully saturated rings. The van der Waals surface area contributed by atoms with E-state index >= 15 is 0 Å². The first kappa shape index (κ1) is 25.6. The van der Waals surface area contributed by atoms with Crippen molar-refractivity contribution in [2.24, 2.45) is 10.9 Å². The van der Waals surface area contributed by atoms with Crippen LogP contribution >= 0.6 is 0 Å². The van der Waals surface area contributed by atoms with E-state index < -0.39 is 17.2 Å². The molecule has 0 saturated carbocycles. The van der Waals surface area contributed by atoms with Gasteiger partial charge in [-0.15, -0.1) is 0 Å². The zero-order valence-corrected chi connectivity index (χ0v) is 20.1. The second-order valence-electron chi connectivity index (χ2n) is 9.79. The molecule has 0 amide bonds. The Labute approximate surface area is 186 Å². The predicted molar refractivity (Wildman–Crippen MR) is 125 cm³/mol. The number of unbranched alkanes of at least 4 members (excludes halogenated alkanes) is 2. The number of fused-ring (bicyclic) bond motifs is 1. The van der Waals surface area contributed by atoms with Crippen LogP contribution in [0.25, 0.3) is 0 Å². The molecule has 0 bridgehead atoms. The largest absolute Gasteiger partial charge is 0.416 e. The molecule has 0 saturated heterocycles. The van der Waals surface area contributed by atoms with E-state index in [-0.39, 0.29) is 6.04 Å². The molecule has 0 spiro atoms. The van der Waals surface area contributed by atoms with Crippen LogP contribution in [0.4, 0.5) is 18.9 Å². The Bertz CT molecular complexity index is 780. The first-order valence-corrected chi connectivity index (χ1v) is 11.9. The Morgan fingerprint density at radius 3 is 2.16 bits per heavy atom. The number of aliphatic imine (C=N–C) groups is 1. The van der Waals surface area contributed by atoms with Crippen LogP contribution in [0.2, 0.25) is 0 Å². The van der Waals surface area contributed by atoms with Crippen molar-refractivity contribution in [3.05, 3.63) is 29.3 Å². The van der Waals surface area contributed by atoms with Gasteiger partial charge in [-0.05, 0) is 44.7 Å². The van der Waals surface area contributed by atoms with Gasteiger partial charge in [0.25, 0.3) is 0 Å². The fraction of sp³-hybridized carbons (Fsp3) is 0.692. The Kier molecular flexibility index (Phi) is 8.91. The Morgan fingerprint density at radius 1 is 1.03 bits per heavy atom. The summed E-state index contributed by atoms with van der Waals surface area (Å²) in [6, 6.07) is 4.48. The molecule has 0 N–H and O–H groups in total. The van der Waals surface area contributed by atoms with Gasteiger partial charge >= 0.3 is 6.18 Å². The molecular weight excluding hydrogens is 397 g/mol. The van der Waals surface area contributed by atoms with Gasteiger partial charge < -0.3 is 0 Å². The third kappa shape index (κ3) is 6.43. The monoisotopic (exact) mass is 437 g/mol. The van der Waals surface area contributed by atoms with E-state index in [4.69, 9.17) is 4.99 Å². The Morgan fingerprint density at radius 2 is 1.65 bits per heavy atom. The van der Waals surface area contributed by atoms with Gasteiger partial charge in [0, 0.05) is 18.1 Å². The van der Waals surface area contributed by atoms with E-state index in [0.29, 0.717) is 5.92 Å². The van der Waals surface area contributed by atoms with Gasteiger partial charge in [0.15, 0.2) is 0 Å². The van der Waals surface area contributed by atoms with Crippen LogP contribution in [0.15, 0.2) is 23.2 Å². The van der Waals surface area contributed by atoms with Crippen LogP contribution in [0.1, 0.15) is 97.6 Å². The lowest BCUT2D eigenvalue weighted by Crippen LogP contribution is -2.31. The zero-order valence-electron chi connectivity index (χ0n) is 20.1. The molecule has 0 atom stereocenters. The normalized spacial score (nSPS) is 16.2. The summed E-state index contributed by atoms with van der Waals surface area (Å²) in [4.78, 5) is 4.98. The number of hydrogen-bond donors (Lipinski definition) is 0. The average Bonchev–Trinajstić information content (AvgIpc) is 2.91. The highest BCUT2D eigenvalue weighted by Gasteiger charge is 2.46. The maximum atomic E-state index is 13.4. The van der Waals surface area contributed by atoms with E-state index in [1.54, 1.807) is 6.07 Å². The van der Waals surface area contributed by atoms with Crippen molar-refractivity contribution >= 4 is 17.6 Å². The highest BCUT2D eigenvalue weighted by atomic mass is 19.4. The third-order valence-electron chi connectivity index (χ3n) is 6.34. The summed E-state index contributed by atoms with van der Waals surface area (Å²) in [5.41, 5.74) is 1.55. The third-order valence-corrected chi connectivity index (χ3v) is 6.34. The topological polar surface area (TPSA) is 15.4 Å². The van der Waals surface area contributed by atoms with E-state index in [0.717, 1.165) is 68.5 Å². The average molecular weight is 438 g/mol. The fourth-order valence-electron chi connectivity index (χ4n) is 4.26.